The predicted molar refractivity (Wildman–Crippen MR) is 65.0 cm³/mol. The van der Waals surface area contributed by atoms with Gasteiger partial charge in [0.15, 0.2) is 0 Å². The normalized spacial score (nSPS) is 19.4. The van der Waals surface area contributed by atoms with Crippen molar-refractivity contribution >= 4 is 5.82 Å². The van der Waals surface area contributed by atoms with Gasteiger partial charge in [-0.25, -0.2) is 0 Å². The van der Waals surface area contributed by atoms with Crippen molar-refractivity contribution in [2.75, 3.05) is 12.4 Å². The van der Waals surface area contributed by atoms with Gasteiger partial charge in [0.25, 0.3) is 0 Å². The Bertz CT molecular complexity index is 415. The number of aromatic nitrogens is 2. The molecule has 0 unspecified atom stereocenters. The summed E-state index contributed by atoms with van der Waals surface area (Å²) in [6.45, 7) is 1.67. The van der Waals surface area contributed by atoms with E-state index < -0.39 is 0 Å². The van der Waals surface area contributed by atoms with E-state index in [-0.39, 0.29) is 0 Å². The van der Waals surface area contributed by atoms with Gasteiger partial charge in [-0.3, -0.25) is 0 Å². The lowest BCUT2D eigenvalue weighted by atomic mass is 10.2. The Morgan fingerprint density at radius 2 is 2.06 bits per heavy atom. The number of hydrogen-bond donors (Lipinski definition) is 2. The van der Waals surface area contributed by atoms with Gasteiger partial charge in [-0.1, -0.05) is 12.8 Å². The average molecular weight is 234 g/mol. The first-order valence-electron chi connectivity index (χ1n) is 6.28. The van der Waals surface area contributed by atoms with Crippen molar-refractivity contribution in [1.29, 1.82) is 0 Å². The fraction of sp³-hybridized carbons (Fsp3) is 0.667. The second-order valence-corrected chi connectivity index (χ2v) is 4.71. The molecule has 5 heteroatoms. The van der Waals surface area contributed by atoms with Gasteiger partial charge in [-0.2, -0.15) is 9.97 Å². The van der Waals surface area contributed by atoms with Crippen LogP contribution in [0.4, 0.5) is 5.82 Å². The Morgan fingerprint density at radius 3 is 2.82 bits per heavy atom. The van der Waals surface area contributed by atoms with Gasteiger partial charge >= 0.3 is 6.01 Å². The first-order chi connectivity index (χ1) is 8.36. The van der Waals surface area contributed by atoms with E-state index in [2.05, 4.69) is 20.6 Å². The molecule has 92 valence electrons. The number of anilines is 1. The van der Waals surface area contributed by atoms with Gasteiger partial charge in [0.1, 0.15) is 5.82 Å². The maximum atomic E-state index is 5.15. The highest BCUT2D eigenvalue weighted by molar-refractivity contribution is 5.49. The number of ether oxygens (including phenoxy) is 1. The molecule has 3 rings (SSSR count). The highest BCUT2D eigenvalue weighted by atomic mass is 16.5. The summed E-state index contributed by atoms with van der Waals surface area (Å²) in [6, 6.07) is 1.03. The van der Waals surface area contributed by atoms with Crippen LogP contribution in [0.5, 0.6) is 6.01 Å². The third-order valence-corrected chi connectivity index (χ3v) is 3.55. The van der Waals surface area contributed by atoms with Crippen LogP contribution in [0.2, 0.25) is 0 Å². The summed E-state index contributed by atoms with van der Waals surface area (Å²) in [5.41, 5.74) is 2.27. The fourth-order valence-electron chi connectivity index (χ4n) is 2.62. The van der Waals surface area contributed by atoms with Crippen molar-refractivity contribution in [2.24, 2.45) is 0 Å². The van der Waals surface area contributed by atoms with E-state index in [0.29, 0.717) is 12.1 Å². The van der Waals surface area contributed by atoms with Crippen LogP contribution in [0, 0.1) is 0 Å². The molecular formula is C12H18N4O. The number of nitrogens with one attached hydrogen (secondary N) is 2. The summed E-state index contributed by atoms with van der Waals surface area (Å²) >= 11 is 0. The van der Waals surface area contributed by atoms with Crippen LogP contribution in [0.25, 0.3) is 0 Å². The summed E-state index contributed by atoms with van der Waals surface area (Å²) in [5, 5.41) is 6.85. The van der Waals surface area contributed by atoms with Gasteiger partial charge in [0, 0.05) is 24.7 Å². The van der Waals surface area contributed by atoms with Crippen molar-refractivity contribution in [3.8, 4) is 6.01 Å². The van der Waals surface area contributed by atoms with E-state index in [9.17, 15) is 0 Å². The van der Waals surface area contributed by atoms with Crippen molar-refractivity contribution in [3.63, 3.8) is 0 Å². The summed E-state index contributed by atoms with van der Waals surface area (Å²) in [6.07, 6.45) is 5.13. The molecule has 2 N–H and O–H groups in total. The minimum atomic E-state index is 0.466. The summed E-state index contributed by atoms with van der Waals surface area (Å²) < 4.78 is 5.15. The van der Waals surface area contributed by atoms with E-state index in [0.717, 1.165) is 24.6 Å². The molecule has 0 radical (unpaired) electrons. The highest BCUT2D eigenvalue weighted by Crippen LogP contribution is 2.27. The molecule has 1 aliphatic carbocycles. The third kappa shape index (κ3) is 2.07. The first kappa shape index (κ1) is 10.8. The quantitative estimate of drug-likeness (QED) is 0.828. The molecule has 2 aliphatic rings. The van der Waals surface area contributed by atoms with E-state index in [1.54, 1.807) is 7.11 Å². The Kier molecular flexibility index (Phi) is 2.84. The number of hydrogen-bond acceptors (Lipinski definition) is 5. The Labute approximate surface area is 101 Å². The molecule has 1 fully saturated rings. The zero-order valence-corrected chi connectivity index (χ0v) is 10.1. The van der Waals surface area contributed by atoms with E-state index >= 15 is 0 Å². The lowest BCUT2D eigenvalue weighted by Gasteiger charge is -2.15. The van der Waals surface area contributed by atoms with Crippen LogP contribution < -0.4 is 15.4 Å². The summed E-state index contributed by atoms with van der Waals surface area (Å²) in [5.74, 6) is 0.962. The summed E-state index contributed by atoms with van der Waals surface area (Å²) in [7, 11) is 1.61. The molecular weight excluding hydrogens is 216 g/mol. The average Bonchev–Trinajstić information content (AvgIpc) is 2.98. The number of fused-ring (bicyclic) bond motifs is 1. The molecule has 1 aromatic rings. The lowest BCUT2D eigenvalue weighted by molar-refractivity contribution is 0.378. The fourth-order valence-corrected chi connectivity index (χ4v) is 2.62. The molecule has 5 nitrogen and oxygen atoms in total. The molecule has 1 saturated carbocycles. The Morgan fingerprint density at radius 1 is 1.24 bits per heavy atom. The maximum Gasteiger partial charge on any atom is 0.318 e. The lowest BCUT2D eigenvalue weighted by Crippen LogP contribution is -2.18. The molecule has 1 aliphatic heterocycles. The molecule has 0 bridgehead atoms. The van der Waals surface area contributed by atoms with E-state index in [4.69, 9.17) is 4.74 Å². The first-order valence-corrected chi connectivity index (χ1v) is 6.28. The number of nitrogens with zero attached hydrogens (tertiary/aromatic N) is 2. The van der Waals surface area contributed by atoms with Gasteiger partial charge in [-0.15, -0.1) is 0 Å². The van der Waals surface area contributed by atoms with Crippen molar-refractivity contribution in [2.45, 2.75) is 44.8 Å². The van der Waals surface area contributed by atoms with E-state index in [1.165, 1.54) is 31.2 Å². The molecule has 0 spiro atoms. The van der Waals surface area contributed by atoms with Crippen LogP contribution >= 0.6 is 0 Å². The predicted octanol–water partition coefficient (Wildman–Crippen LogP) is 1.44. The van der Waals surface area contributed by atoms with Gasteiger partial charge < -0.3 is 15.4 Å². The molecule has 0 atom stereocenters. The van der Waals surface area contributed by atoms with Crippen molar-refractivity contribution < 1.29 is 4.74 Å². The molecule has 17 heavy (non-hydrogen) atoms. The minimum Gasteiger partial charge on any atom is -0.467 e. The topological polar surface area (TPSA) is 59.1 Å². The van der Waals surface area contributed by atoms with Crippen LogP contribution in [-0.2, 0) is 13.1 Å². The third-order valence-electron chi connectivity index (χ3n) is 3.55. The van der Waals surface area contributed by atoms with Gasteiger partial charge in [-0.05, 0) is 12.8 Å². The van der Waals surface area contributed by atoms with Crippen LogP contribution in [0.1, 0.15) is 36.9 Å². The van der Waals surface area contributed by atoms with E-state index in [1.807, 2.05) is 0 Å². The SMILES string of the molecule is COc1nc2c(c(NC3CCCC3)n1)CNC2. The zero-order valence-electron chi connectivity index (χ0n) is 10.1. The second kappa shape index (κ2) is 4.49. The minimum absolute atomic E-state index is 0.466. The smallest absolute Gasteiger partial charge is 0.318 e. The maximum absolute atomic E-state index is 5.15. The van der Waals surface area contributed by atoms with Crippen LogP contribution in [0.3, 0.4) is 0 Å². The second-order valence-electron chi connectivity index (χ2n) is 4.71. The van der Waals surface area contributed by atoms with Gasteiger partial charge in [0.2, 0.25) is 0 Å². The molecule has 0 aromatic carbocycles. The molecule has 2 heterocycles. The zero-order chi connectivity index (χ0) is 11.7. The summed E-state index contributed by atoms with van der Waals surface area (Å²) in [4.78, 5) is 8.81. The largest absolute Gasteiger partial charge is 0.467 e. The highest BCUT2D eigenvalue weighted by Gasteiger charge is 2.22. The van der Waals surface area contributed by atoms with Crippen molar-refractivity contribution in [3.05, 3.63) is 11.3 Å². The van der Waals surface area contributed by atoms with Crippen molar-refractivity contribution in [1.82, 2.24) is 15.3 Å². The molecule has 0 amide bonds. The Hall–Kier alpha value is -1.36. The molecule has 0 saturated heterocycles. The number of rotatable bonds is 3. The van der Waals surface area contributed by atoms with Crippen LogP contribution in [-0.4, -0.2) is 23.1 Å². The van der Waals surface area contributed by atoms with Gasteiger partial charge in [0.05, 0.1) is 12.8 Å². The Balaban J connectivity index is 1.88. The van der Waals surface area contributed by atoms with Crippen LogP contribution in [0.15, 0.2) is 0 Å². The number of methoxy groups -OCH3 is 1. The monoisotopic (exact) mass is 234 g/mol. The molecule has 1 aromatic heterocycles. The standard InChI is InChI=1S/C12H18N4O/c1-17-12-15-10-7-13-6-9(10)11(16-12)14-8-4-2-3-5-8/h8,13H,2-7H2,1H3,(H,14,15,16).